The van der Waals surface area contributed by atoms with Gasteiger partial charge in [0.05, 0.1) is 29.0 Å². The smallest absolute Gasteiger partial charge is 0.307 e. The summed E-state index contributed by atoms with van der Waals surface area (Å²) in [5.41, 5.74) is 3.95. The van der Waals surface area contributed by atoms with Gasteiger partial charge in [0, 0.05) is 10.4 Å². The zero-order chi connectivity index (χ0) is 20.9. The van der Waals surface area contributed by atoms with Gasteiger partial charge < -0.3 is 10.1 Å². The Hall–Kier alpha value is -3.25. The monoisotopic (exact) mass is 410 g/mol. The van der Waals surface area contributed by atoms with Crippen LogP contribution in [0.1, 0.15) is 16.7 Å². The molecule has 4 aromatic rings. The first-order valence-electron chi connectivity index (χ1n) is 8.89. The zero-order valence-corrected chi connectivity index (χ0v) is 16.4. The van der Waals surface area contributed by atoms with Crippen LogP contribution in [-0.2, 0) is 11.2 Å². The molecule has 2 N–H and O–H groups in total. The molecule has 0 saturated heterocycles. The van der Waals surface area contributed by atoms with Gasteiger partial charge in [0.25, 0.3) is 5.56 Å². The van der Waals surface area contributed by atoms with E-state index in [0.717, 1.165) is 29.0 Å². The summed E-state index contributed by atoms with van der Waals surface area (Å²) in [5, 5.41) is 10.9. The van der Waals surface area contributed by atoms with Crippen LogP contribution in [0, 0.1) is 19.7 Å². The van der Waals surface area contributed by atoms with Crippen molar-refractivity contribution in [2.45, 2.75) is 20.3 Å². The summed E-state index contributed by atoms with van der Waals surface area (Å²) in [6.45, 7) is 3.62. The highest BCUT2D eigenvalue weighted by atomic mass is 35.5. The number of carbonyl (C=O) groups is 1. The maximum absolute atomic E-state index is 13.7. The number of nitrogens with one attached hydrogen (secondary N) is 1. The minimum absolute atomic E-state index is 0.146. The first-order valence-corrected chi connectivity index (χ1v) is 9.26. The van der Waals surface area contributed by atoms with Crippen LogP contribution in [0.5, 0.6) is 0 Å². The number of carboxylic acids is 1. The van der Waals surface area contributed by atoms with Crippen molar-refractivity contribution in [3.05, 3.63) is 74.4 Å². The van der Waals surface area contributed by atoms with E-state index in [4.69, 9.17) is 11.6 Å². The number of aromatic nitrogens is 2. The zero-order valence-electron chi connectivity index (χ0n) is 15.6. The SMILES string of the molecule is Cc1c(CC(=O)O)c(-c2ccc(Cl)cc2)c(C)c2c1[nH]c(=O)c1cc(F)cnc12. The number of nitrogens with zero attached hydrogens (tertiary/aromatic N) is 1. The lowest BCUT2D eigenvalue weighted by atomic mass is 9.86. The predicted molar refractivity (Wildman–Crippen MR) is 111 cm³/mol. The highest BCUT2D eigenvalue weighted by molar-refractivity contribution is 6.30. The average Bonchev–Trinajstić information content (AvgIpc) is 2.67. The topological polar surface area (TPSA) is 83.0 Å². The Bertz CT molecular complexity index is 1360. The Morgan fingerprint density at radius 2 is 1.90 bits per heavy atom. The van der Waals surface area contributed by atoms with Gasteiger partial charge in [-0.15, -0.1) is 0 Å². The summed E-state index contributed by atoms with van der Waals surface area (Å²) < 4.78 is 13.7. The van der Waals surface area contributed by atoms with Gasteiger partial charge in [-0.25, -0.2) is 4.39 Å². The van der Waals surface area contributed by atoms with E-state index in [1.807, 2.05) is 19.1 Å². The minimum Gasteiger partial charge on any atom is -0.481 e. The number of H-pyrrole nitrogens is 1. The summed E-state index contributed by atoms with van der Waals surface area (Å²) in [4.78, 5) is 31.1. The molecule has 0 fully saturated rings. The third kappa shape index (κ3) is 3.15. The normalized spacial score (nSPS) is 11.3. The maximum atomic E-state index is 13.7. The largest absolute Gasteiger partial charge is 0.481 e. The van der Waals surface area contributed by atoms with Gasteiger partial charge >= 0.3 is 5.97 Å². The molecule has 0 aliphatic carbocycles. The molecule has 0 unspecified atom stereocenters. The third-order valence-corrected chi connectivity index (χ3v) is 5.42. The Morgan fingerprint density at radius 1 is 1.21 bits per heavy atom. The van der Waals surface area contributed by atoms with Crippen LogP contribution < -0.4 is 5.56 Å². The molecular weight excluding hydrogens is 395 g/mol. The number of aromatic amines is 1. The fourth-order valence-electron chi connectivity index (χ4n) is 3.89. The number of benzene rings is 2. The van der Waals surface area contributed by atoms with E-state index in [1.54, 1.807) is 19.1 Å². The molecule has 2 aromatic heterocycles. The highest BCUT2D eigenvalue weighted by Gasteiger charge is 2.21. The van der Waals surface area contributed by atoms with E-state index in [-0.39, 0.29) is 11.8 Å². The van der Waals surface area contributed by atoms with Crippen molar-refractivity contribution in [2.75, 3.05) is 0 Å². The van der Waals surface area contributed by atoms with Crippen molar-refractivity contribution < 1.29 is 14.3 Å². The summed E-state index contributed by atoms with van der Waals surface area (Å²) >= 11 is 6.02. The molecule has 29 heavy (non-hydrogen) atoms. The van der Waals surface area contributed by atoms with Gasteiger partial charge in [0.2, 0.25) is 0 Å². The molecule has 146 valence electrons. The molecule has 0 bridgehead atoms. The number of aryl methyl sites for hydroxylation is 2. The molecule has 0 radical (unpaired) electrons. The summed E-state index contributed by atoms with van der Waals surface area (Å²) in [6.07, 6.45) is 0.862. The van der Waals surface area contributed by atoms with E-state index < -0.39 is 17.3 Å². The lowest BCUT2D eigenvalue weighted by Gasteiger charge is -2.19. The number of fused-ring (bicyclic) bond motifs is 3. The predicted octanol–water partition coefficient (Wildman–Crippen LogP) is 4.78. The number of halogens is 2. The second kappa shape index (κ2) is 6.97. The molecule has 2 heterocycles. The molecule has 0 atom stereocenters. The molecular formula is C22H16ClFN2O3. The van der Waals surface area contributed by atoms with Crippen LogP contribution in [-0.4, -0.2) is 21.0 Å². The lowest BCUT2D eigenvalue weighted by molar-refractivity contribution is -0.136. The van der Waals surface area contributed by atoms with Crippen LogP contribution in [0.2, 0.25) is 5.02 Å². The van der Waals surface area contributed by atoms with E-state index in [2.05, 4.69) is 9.97 Å². The van der Waals surface area contributed by atoms with Crippen molar-refractivity contribution in [2.24, 2.45) is 0 Å². The van der Waals surface area contributed by atoms with Crippen LogP contribution in [0.15, 0.2) is 41.3 Å². The van der Waals surface area contributed by atoms with Gasteiger partial charge in [0.1, 0.15) is 5.82 Å². The van der Waals surface area contributed by atoms with Gasteiger partial charge in [-0.2, -0.15) is 0 Å². The van der Waals surface area contributed by atoms with Gasteiger partial charge in [-0.1, -0.05) is 23.7 Å². The van der Waals surface area contributed by atoms with E-state index in [1.165, 1.54) is 0 Å². The fraction of sp³-hybridized carbons (Fsp3) is 0.136. The maximum Gasteiger partial charge on any atom is 0.307 e. The summed E-state index contributed by atoms with van der Waals surface area (Å²) in [5.74, 6) is -1.58. The standard InChI is InChI=1S/C22H16ClFN2O3/c1-10-15(8-17(27)28)18(12-3-5-13(23)6-4-12)11(2)19-20(10)26-22(29)16-7-14(24)9-25-21(16)19/h3-7,9H,8H2,1-2H3,(H,26,29)(H,27,28). The third-order valence-electron chi connectivity index (χ3n) is 5.16. The first-order chi connectivity index (χ1) is 13.8. The lowest BCUT2D eigenvalue weighted by Crippen LogP contribution is -2.12. The van der Waals surface area contributed by atoms with Crippen molar-refractivity contribution in [1.82, 2.24) is 9.97 Å². The number of carboxylic acid groups (broad SMARTS) is 1. The molecule has 0 aliphatic heterocycles. The van der Waals surface area contributed by atoms with Crippen LogP contribution >= 0.6 is 11.6 Å². The Morgan fingerprint density at radius 3 is 2.55 bits per heavy atom. The fourth-order valence-corrected chi connectivity index (χ4v) is 4.01. The number of hydrogen-bond donors (Lipinski definition) is 2. The Kier molecular flexibility index (Phi) is 4.59. The molecule has 4 rings (SSSR count). The highest BCUT2D eigenvalue weighted by Crippen LogP contribution is 2.38. The number of pyridine rings is 2. The van der Waals surface area contributed by atoms with E-state index in [0.29, 0.717) is 32.6 Å². The molecule has 7 heteroatoms. The molecule has 0 spiro atoms. The second-order valence-corrected chi connectivity index (χ2v) is 7.37. The minimum atomic E-state index is -0.981. The quantitative estimate of drug-likeness (QED) is 0.476. The molecule has 2 aromatic carbocycles. The van der Waals surface area contributed by atoms with Crippen molar-refractivity contribution in [3.63, 3.8) is 0 Å². The number of hydrogen-bond acceptors (Lipinski definition) is 3. The van der Waals surface area contributed by atoms with Gasteiger partial charge in [-0.3, -0.25) is 14.6 Å². The van der Waals surface area contributed by atoms with Gasteiger partial charge in [-0.05, 0) is 59.9 Å². The van der Waals surface area contributed by atoms with Crippen molar-refractivity contribution in [1.29, 1.82) is 0 Å². The summed E-state index contributed by atoms with van der Waals surface area (Å²) in [7, 11) is 0. The second-order valence-electron chi connectivity index (χ2n) is 6.93. The van der Waals surface area contributed by atoms with Crippen molar-refractivity contribution >= 4 is 39.4 Å². The Balaban J connectivity index is 2.23. The average molecular weight is 411 g/mol. The van der Waals surface area contributed by atoms with Crippen LogP contribution in [0.3, 0.4) is 0 Å². The molecule has 0 aliphatic rings. The van der Waals surface area contributed by atoms with Crippen LogP contribution in [0.4, 0.5) is 4.39 Å². The van der Waals surface area contributed by atoms with Crippen molar-refractivity contribution in [3.8, 4) is 11.1 Å². The number of rotatable bonds is 3. The molecule has 0 saturated carbocycles. The summed E-state index contributed by atoms with van der Waals surface area (Å²) in [6, 6.07) is 8.27. The Labute approximate surface area is 169 Å². The van der Waals surface area contributed by atoms with E-state index in [9.17, 15) is 19.1 Å². The molecule has 0 amide bonds. The molecule has 5 nitrogen and oxygen atoms in total. The van der Waals surface area contributed by atoms with E-state index >= 15 is 0 Å². The first kappa shape index (κ1) is 19.1. The van der Waals surface area contributed by atoms with Gasteiger partial charge in [0.15, 0.2) is 0 Å². The van der Waals surface area contributed by atoms with Crippen LogP contribution in [0.25, 0.3) is 32.9 Å². The number of aliphatic carboxylic acids is 1.